The second-order valence-electron chi connectivity index (χ2n) is 5.61. The molecule has 3 N–H and O–H groups in total. The molecule has 1 saturated carbocycles. The molecule has 3 atom stereocenters. The monoisotopic (exact) mass is 303 g/mol. The first-order chi connectivity index (χ1) is 8.79. The van der Waals surface area contributed by atoms with Crippen LogP contribution in [0.15, 0.2) is 4.90 Å². The lowest BCUT2D eigenvalue weighted by molar-refractivity contribution is 0.261. The normalized spacial score (nSPS) is 28.3. The quantitative estimate of drug-likeness (QED) is 0.895. The van der Waals surface area contributed by atoms with Crippen molar-refractivity contribution in [2.45, 2.75) is 44.0 Å². The molecule has 19 heavy (non-hydrogen) atoms. The van der Waals surface area contributed by atoms with Gasteiger partial charge in [-0.25, -0.2) is 8.42 Å². The van der Waals surface area contributed by atoms with E-state index in [4.69, 9.17) is 5.73 Å². The summed E-state index contributed by atoms with van der Waals surface area (Å²) in [6.45, 7) is 4.52. The van der Waals surface area contributed by atoms with E-state index in [1.165, 1.54) is 12.7 Å². The van der Waals surface area contributed by atoms with Gasteiger partial charge < -0.3 is 11.1 Å². The molecule has 0 aromatic carbocycles. The van der Waals surface area contributed by atoms with E-state index in [1.54, 1.807) is 0 Å². The van der Waals surface area contributed by atoms with Gasteiger partial charge >= 0.3 is 0 Å². The van der Waals surface area contributed by atoms with E-state index in [0.29, 0.717) is 17.0 Å². The Balaban J connectivity index is 2.17. The molecule has 7 heteroatoms. The van der Waals surface area contributed by atoms with Crippen molar-refractivity contribution in [2.75, 3.05) is 17.3 Å². The van der Waals surface area contributed by atoms with Crippen molar-refractivity contribution in [3.63, 3.8) is 0 Å². The molecule has 0 aliphatic heterocycles. The van der Waals surface area contributed by atoms with Crippen LogP contribution < -0.4 is 11.1 Å². The average Bonchev–Trinajstić information content (AvgIpc) is 2.64. The molecule has 1 heterocycles. The molecular weight excluding hydrogens is 282 g/mol. The summed E-state index contributed by atoms with van der Waals surface area (Å²) in [5, 5.41) is 3.91. The highest BCUT2D eigenvalue weighted by Gasteiger charge is 2.27. The maximum Gasteiger partial charge on any atom is 0.182 e. The van der Waals surface area contributed by atoms with Crippen LogP contribution in [0.25, 0.3) is 0 Å². The second kappa shape index (κ2) is 5.28. The van der Waals surface area contributed by atoms with Crippen molar-refractivity contribution in [1.29, 1.82) is 0 Å². The summed E-state index contributed by atoms with van der Waals surface area (Å²) in [7, 11) is -3.34. The fraction of sp³-hybridized carbons (Fsp3) is 0.750. The third kappa shape index (κ3) is 3.20. The molecule has 0 bridgehead atoms. The number of nitrogens with zero attached hydrogens (tertiary/aromatic N) is 1. The van der Waals surface area contributed by atoms with Crippen LogP contribution in [0, 0.1) is 11.8 Å². The van der Waals surface area contributed by atoms with E-state index in [-0.39, 0.29) is 10.7 Å². The van der Waals surface area contributed by atoms with E-state index < -0.39 is 9.84 Å². The molecule has 108 valence electrons. The minimum Gasteiger partial charge on any atom is -0.382 e. The lowest BCUT2D eigenvalue weighted by Crippen LogP contribution is -2.30. The first-order valence-corrected chi connectivity index (χ1v) is 9.17. The van der Waals surface area contributed by atoms with E-state index in [1.807, 2.05) is 0 Å². The van der Waals surface area contributed by atoms with Crippen LogP contribution >= 0.6 is 11.5 Å². The zero-order valence-corrected chi connectivity index (χ0v) is 13.1. The lowest BCUT2D eigenvalue weighted by atomic mass is 9.79. The topological polar surface area (TPSA) is 85.1 Å². The summed E-state index contributed by atoms with van der Waals surface area (Å²) in [6.07, 6.45) is 4.46. The van der Waals surface area contributed by atoms with Crippen LogP contribution in [0.3, 0.4) is 0 Å². The number of nitrogen functional groups attached to an aromatic ring is 1. The molecule has 1 fully saturated rings. The van der Waals surface area contributed by atoms with Gasteiger partial charge in [0.25, 0.3) is 0 Å². The molecule has 5 nitrogen and oxygen atoms in total. The Labute approximate surface area is 118 Å². The Hall–Kier alpha value is -0.820. The second-order valence-corrected chi connectivity index (χ2v) is 8.33. The zero-order chi connectivity index (χ0) is 14.2. The van der Waals surface area contributed by atoms with Gasteiger partial charge in [0.2, 0.25) is 0 Å². The molecule has 0 saturated heterocycles. The zero-order valence-electron chi connectivity index (χ0n) is 11.5. The number of sulfone groups is 1. The average molecular weight is 303 g/mol. The molecule has 1 aromatic rings. The van der Waals surface area contributed by atoms with E-state index >= 15 is 0 Å². The van der Waals surface area contributed by atoms with Gasteiger partial charge in [-0.05, 0) is 42.6 Å². The molecule has 0 spiro atoms. The summed E-state index contributed by atoms with van der Waals surface area (Å²) in [4.78, 5) is 0.156. The number of aromatic nitrogens is 1. The lowest BCUT2D eigenvalue weighted by Gasteiger charge is -2.32. The van der Waals surface area contributed by atoms with Crippen LogP contribution in [0.2, 0.25) is 0 Å². The molecule has 3 unspecified atom stereocenters. The fourth-order valence-corrected chi connectivity index (χ4v) is 4.74. The Bertz CT molecular complexity index is 553. The fourth-order valence-electron chi connectivity index (χ4n) is 2.61. The van der Waals surface area contributed by atoms with Gasteiger partial charge in [-0.1, -0.05) is 13.8 Å². The largest absolute Gasteiger partial charge is 0.382 e. The van der Waals surface area contributed by atoms with Crippen LogP contribution in [0.5, 0.6) is 0 Å². The third-order valence-electron chi connectivity index (χ3n) is 3.98. The predicted octanol–water partition coefficient (Wildman–Crippen LogP) is 2.37. The van der Waals surface area contributed by atoms with Gasteiger partial charge in [-0.2, -0.15) is 4.37 Å². The Morgan fingerprint density at radius 1 is 1.32 bits per heavy atom. The Morgan fingerprint density at radius 3 is 2.58 bits per heavy atom. The van der Waals surface area contributed by atoms with Gasteiger partial charge in [0, 0.05) is 12.3 Å². The number of nitrogens with one attached hydrogen (secondary N) is 1. The van der Waals surface area contributed by atoms with Crippen molar-refractivity contribution < 1.29 is 8.42 Å². The van der Waals surface area contributed by atoms with Crippen LogP contribution in [0.4, 0.5) is 10.8 Å². The third-order valence-corrected chi connectivity index (χ3v) is 6.05. The number of nitrogens with two attached hydrogens (primary N) is 1. The van der Waals surface area contributed by atoms with Gasteiger partial charge in [0.15, 0.2) is 15.7 Å². The molecular formula is C12H21N3O2S2. The van der Waals surface area contributed by atoms with Gasteiger partial charge in [0.1, 0.15) is 9.90 Å². The highest BCUT2D eigenvalue weighted by atomic mass is 32.2. The van der Waals surface area contributed by atoms with Gasteiger partial charge in [-0.3, -0.25) is 0 Å². The smallest absolute Gasteiger partial charge is 0.182 e. The first-order valence-electron chi connectivity index (χ1n) is 6.50. The summed E-state index contributed by atoms with van der Waals surface area (Å²) >= 11 is 1.13. The summed E-state index contributed by atoms with van der Waals surface area (Å²) < 4.78 is 27.4. The molecule has 1 aromatic heterocycles. The number of rotatable bonds is 3. The Morgan fingerprint density at radius 2 is 2.00 bits per heavy atom. The maximum atomic E-state index is 11.7. The molecule has 0 radical (unpaired) electrons. The molecule has 1 aliphatic carbocycles. The standard InChI is InChI=1S/C12H21N3O2S2/c1-7-4-5-9(6-8(7)2)14-12-10(19(3,16)17)11(13)15-18-12/h7-9,14H,4-6H2,1-3H3,(H2,13,15). The highest BCUT2D eigenvalue weighted by molar-refractivity contribution is 7.91. The minimum absolute atomic E-state index is 0.104. The van der Waals surface area contributed by atoms with Crippen molar-refractivity contribution in [1.82, 2.24) is 4.37 Å². The first kappa shape index (κ1) is 14.6. The van der Waals surface area contributed by atoms with Crippen LogP contribution in [-0.4, -0.2) is 25.1 Å². The Kier molecular flexibility index (Phi) is 4.06. The number of anilines is 2. The van der Waals surface area contributed by atoms with Gasteiger partial charge in [0.05, 0.1) is 0 Å². The summed E-state index contributed by atoms with van der Waals surface area (Å²) in [5.74, 6) is 1.49. The van der Waals surface area contributed by atoms with Crippen molar-refractivity contribution in [3.8, 4) is 0 Å². The van der Waals surface area contributed by atoms with E-state index in [9.17, 15) is 8.42 Å². The predicted molar refractivity (Wildman–Crippen MR) is 79.2 cm³/mol. The number of hydrogen-bond donors (Lipinski definition) is 2. The minimum atomic E-state index is -3.34. The highest BCUT2D eigenvalue weighted by Crippen LogP contribution is 2.36. The number of hydrogen-bond acceptors (Lipinski definition) is 6. The SMILES string of the molecule is CC1CCC(Nc2snc(N)c2S(C)(=O)=O)CC1C. The van der Waals surface area contributed by atoms with E-state index in [2.05, 4.69) is 23.5 Å². The van der Waals surface area contributed by atoms with Crippen molar-refractivity contribution in [2.24, 2.45) is 11.8 Å². The van der Waals surface area contributed by atoms with Crippen LogP contribution in [0.1, 0.15) is 33.1 Å². The van der Waals surface area contributed by atoms with Gasteiger partial charge in [-0.15, -0.1) is 0 Å². The summed E-state index contributed by atoms with van der Waals surface area (Å²) in [6, 6.07) is 0.312. The summed E-state index contributed by atoms with van der Waals surface area (Å²) in [5.41, 5.74) is 5.66. The molecule has 2 rings (SSSR count). The van der Waals surface area contributed by atoms with Crippen LogP contribution in [-0.2, 0) is 9.84 Å². The van der Waals surface area contributed by atoms with Crippen molar-refractivity contribution >= 4 is 32.2 Å². The van der Waals surface area contributed by atoms with Crippen molar-refractivity contribution in [3.05, 3.63) is 0 Å². The molecule has 1 aliphatic rings. The maximum absolute atomic E-state index is 11.7. The van der Waals surface area contributed by atoms with E-state index in [0.717, 1.165) is 30.3 Å². The molecule has 0 amide bonds.